The predicted molar refractivity (Wildman–Crippen MR) is 86.8 cm³/mol. The summed E-state index contributed by atoms with van der Waals surface area (Å²) in [5.41, 5.74) is 7.12. The van der Waals surface area contributed by atoms with Crippen molar-refractivity contribution >= 4 is 34.8 Å². The van der Waals surface area contributed by atoms with Crippen LogP contribution in [0.5, 0.6) is 0 Å². The zero-order chi connectivity index (χ0) is 15.2. The number of nitrogens with two attached hydrogens (primary N) is 1. The first-order valence-corrected chi connectivity index (χ1v) is 6.91. The summed E-state index contributed by atoms with van der Waals surface area (Å²) in [5.74, 6) is 5.35. The molecule has 0 saturated heterocycles. The largest absolute Gasteiger partial charge is 0.322 e. The highest BCUT2D eigenvalue weighted by Gasteiger charge is 2.11. The third-order valence-corrected chi connectivity index (χ3v) is 3.22. The summed E-state index contributed by atoms with van der Waals surface area (Å²) in [5, 5.41) is 3.56. The van der Waals surface area contributed by atoms with E-state index in [-0.39, 0.29) is 5.91 Å². The normalized spacial score (nSPS) is 9.67. The molecule has 0 spiro atoms. The number of hydrogen-bond acceptors (Lipinski definition) is 2. The summed E-state index contributed by atoms with van der Waals surface area (Å²) >= 11 is 11.9. The SMILES string of the molecule is NCC#Cc1ccc(NC(=O)c2cc(Cl)ccc2Cl)cc1. The number of carbonyl (C=O) groups is 1. The first-order valence-electron chi connectivity index (χ1n) is 6.15. The van der Waals surface area contributed by atoms with Gasteiger partial charge in [0, 0.05) is 16.3 Å². The van der Waals surface area contributed by atoms with Gasteiger partial charge in [-0.05, 0) is 42.5 Å². The Morgan fingerprint density at radius 1 is 1.14 bits per heavy atom. The average molecular weight is 319 g/mol. The fourth-order valence-corrected chi connectivity index (χ4v) is 2.04. The number of nitrogens with one attached hydrogen (secondary N) is 1. The highest BCUT2D eigenvalue weighted by atomic mass is 35.5. The van der Waals surface area contributed by atoms with Gasteiger partial charge in [-0.25, -0.2) is 0 Å². The Hall–Kier alpha value is -1.99. The molecule has 0 unspecified atom stereocenters. The van der Waals surface area contributed by atoms with Gasteiger partial charge in [-0.3, -0.25) is 4.79 Å². The lowest BCUT2D eigenvalue weighted by atomic mass is 10.2. The van der Waals surface area contributed by atoms with Crippen LogP contribution in [0.3, 0.4) is 0 Å². The summed E-state index contributed by atoms with van der Waals surface area (Å²) in [6.45, 7) is 0.311. The van der Waals surface area contributed by atoms with Crippen molar-refractivity contribution in [3.8, 4) is 11.8 Å². The fraction of sp³-hybridized carbons (Fsp3) is 0.0625. The van der Waals surface area contributed by atoms with Crippen LogP contribution in [0, 0.1) is 11.8 Å². The Morgan fingerprint density at radius 3 is 2.52 bits per heavy atom. The quantitative estimate of drug-likeness (QED) is 0.832. The van der Waals surface area contributed by atoms with Crippen LogP contribution in [0.4, 0.5) is 5.69 Å². The summed E-state index contributed by atoms with van der Waals surface area (Å²) in [6, 6.07) is 11.9. The van der Waals surface area contributed by atoms with E-state index < -0.39 is 0 Å². The second-order valence-corrected chi connectivity index (χ2v) is 5.01. The standard InChI is InChI=1S/C16H12Cl2N2O/c17-12-5-8-15(18)14(10-12)16(21)20-13-6-3-11(4-7-13)2-1-9-19/h3-8,10H,9,19H2,(H,20,21). The lowest BCUT2D eigenvalue weighted by Crippen LogP contribution is -2.12. The molecule has 0 radical (unpaired) electrons. The summed E-state index contributed by atoms with van der Waals surface area (Å²) in [4.78, 5) is 12.1. The molecule has 0 aliphatic carbocycles. The van der Waals surface area contributed by atoms with E-state index in [0.717, 1.165) is 5.56 Å². The van der Waals surface area contributed by atoms with Gasteiger partial charge < -0.3 is 11.1 Å². The minimum absolute atomic E-state index is 0.311. The highest BCUT2D eigenvalue weighted by molar-refractivity contribution is 6.36. The molecule has 0 fully saturated rings. The molecular formula is C16H12Cl2N2O. The Labute approximate surface area is 133 Å². The van der Waals surface area contributed by atoms with Crippen LogP contribution >= 0.6 is 23.2 Å². The molecule has 1 amide bonds. The molecule has 0 aromatic heterocycles. The van der Waals surface area contributed by atoms with E-state index >= 15 is 0 Å². The zero-order valence-corrected chi connectivity index (χ0v) is 12.5. The van der Waals surface area contributed by atoms with E-state index in [9.17, 15) is 4.79 Å². The van der Waals surface area contributed by atoms with Crippen molar-refractivity contribution in [1.82, 2.24) is 0 Å². The molecule has 21 heavy (non-hydrogen) atoms. The summed E-state index contributed by atoms with van der Waals surface area (Å²) in [7, 11) is 0. The molecular weight excluding hydrogens is 307 g/mol. The molecule has 3 nitrogen and oxygen atoms in total. The van der Waals surface area contributed by atoms with Gasteiger partial charge in [0.1, 0.15) is 0 Å². The monoisotopic (exact) mass is 318 g/mol. The molecule has 3 N–H and O–H groups in total. The van der Waals surface area contributed by atoms with Crippen LogP contribution in [-0.2, 0) is 0 Å². The average Bonchev–Trinajstić information content (AvgIpc) is 2.49. The Kier molecular flexibility index (Phi) is 5.24. The Bertz CT molecular complexity index is 715. The maximum atomic E-state index is 12.1. The van der Waals surface area contributed by atoms with Crippen molar-refractivity contribution in [1.29, 1.82) is 0 Å². The van der Waals surface area contributed by atoms with Gasteiger partial charge >= 0.3 is 0 Å². The fourth-order valence-electron chi connectivity index (χ4n) is 1.66. The molecule has 106 valence electrons. The lowest BCUT2D eigenvalue weighted by molar-refractivity contribution is 0.102. The van der Waals surface area contributed by atoms with E-state index in [2.05, 4.69) is 17.2 Å². The summed E-state index contributed by atoms with van der Waals surface area (Å²) in [6.07, 6.45) is 0. The molecule has 0 aliphatic heterocycles. The van der Waals surface area contributed by atoms with Crippen molar-refractivity contribution in [3.05, 3.63) is 63.6 Å². The molecule has 0 atom stereocenters. The molecule has 2 aromatic rings. The van der Waals surface area contributed by atoms with Crippen molar-refractivity contribution in [2.24, 2.45) is 5.73 Å². The van der Waals surface area contributed by atoms with Gasteiger partial charge in [0.15, 0.2) is 0 Å². The van der Waals surface area contributed by atoms with E-state index in [1.807, 2.05) is 0 Å². The zero-order valence-electron chi connectivity index (χ0n) is 11.0. The molecule has 0 bridgehead atoms. The number of hydrogen-bond donors (Lipinski definition) is 2. The van der Waals surface area contributed by atoms with Crippen molar-refractivity contribution in [2.45, 2.75) is 0 Å². The topological polar surface area (TPSA) is 55.1 Å². The Morgan fingerprint density at radius 2 is 1.86 bits per heavy atom. The second kappa shape index (κ2) is 7.14. The van der Waals surface area contributed by atoms with E-state index in [1.165, 1.54) is 6.07 Å². The van der Waals surface area contributed by atoms with Crippen molar-refractivity contribution in [2.75, 3.05) is 11.9 Å². The van der Waals surface area contributed by atoms with E-state index in [1.54, 1.807) is 36.4 Å². The Balaban J connectivity index is 2.14. The van der Waals surface area contributed by atoms with Gasteiger partial charge in [-0.2, -0.15) is 0 Å². The molecule has 0 saturated carbocycles. The molecule has 2 rings (SSSR count). The number of halogens is 2. The van der Waals surface area contributed by atoms with Gasteiger partial charge in [0.05, 0.1) is 17.1 Å². The van der Waals surface area contributed by atoms with Crippen LogP contribution in [0.1, 0.15) is 15.9 Å². The minimum atomic E-state index is -0.316. The van der Waals surface area contributed by atoms with Gasteiger partial charge in [0.2, 0.25) is 0 Å². The van der Waals surface area contributed by atoms with E-state index in [0.29, 0.717) is 27.8 Å². The van der Waals surface area contributed by atoms with Crippen molar-refractivity contribution in [3.63, 3.8) is 0 Å². The van der Waals surface area contributed by atoms with Crippen LogP contribution < -0.4 is 11.1 Å². The molecule has 0 heterocycles. The minimum Gasteiger partial charge on any atom is -0.322 e. The predicted octanol–water partition coefficient (Wildman–Crippen LogP) is 3.56. The lowest BCUT2D eigenvalue weighted by Gasteiger charge is -2.07. The second-order valence-electron chi connectivity index (χ2n) is 4.16. The number of anilines is 1. The van der Waals surface area contributed by atoms with Gasteiger partial charge in [0.25, 0.3) is 5.91 Å². The first kappa shape index (κ1) is 15.4. The third kappa shape index (κ3) is 4.24. The maximum absolute atomic E-state index is 12.1. The molecule has 2 aromatic carbocycles. The van der Waals surface area contributed by atoms with Gasteiger partial charge in [-0.1, -0.05) is 35.0 Å². The van der Waals surface area contributed by atoms with Crippen molar-refractivity contribution < 1.29 is 4.79 Å². The first-order chi connectivity index (χ1) is 10.1. The number of carbonyl (C=O) groups excluding carboxylic acids is 1. The van der Waals surface area contributed by atoms with Crippen LogP contribution in [0.15, 0.2) is 42.5 Å². The molecule has 0 aliphatic rings. The van der Waals surface area contributed by atoms with Crippen LogP contribution in [0.2, 0.25) is 10.0 Å². The maximum Gasteiger partial charge on any atom is 0.257 e. The number of amides is 1. The molecule has 5 heteroatoms. The van der Waals surface area contributed by atoms with Crippen LogP contribution in [0.25, 0.3) is 0 Å². The highest BCUT2D eigenvalue weighted by Crippen LogP contribution is 2.22. The number of benzene rings is 2. The van der Waals surface area contributed by atoms with Crippen LogP contribution in [-0.4, -0.2) is 12.5 Å². The summed E-state index contributed by atoms with van der Waals surface area (Å²) < 4.78 is 0. The number of rotatable bonds is 2. The third-order valence-electron chi connectivity index (χ3n) is 2.65. The van der Waals surface area contributed by atoms with Gasteiger partial charge in [-0.15, -0.1) is 0 Å². The smallest absolute Gasteiger partial charge is 0.257 e. The van der Waals surface area contributed by atoms with E-state index in [4.69, 9.17) is 28.9 Å².